The first kappa shape index (κ1) is 13.7. The normalized spacial score (nSPS) is 10.7. The highest BCUT2D eigenvalue weighted by molar-refractivity contribution is 9.11. The summed E-state index contributed by atoms with van der Waals surface area (Å²) in [6.45, 7) is -0.210. The Morgan fingerprint density at radius 3 is 2.78 bits per heavy atom. The molecule has 0 atom stereocenters. The number of aliphatic hydroxyl groups excluding tert-OH is 1. The van der Waals surface area contributed by atoms with Crippen molar-refractivity contribution in [2.75, 3.05) is 7.11 Å². The molecule has 0 aliphatic rings. The van der Waals surface area contributed by atoms with Crippen LogP contribution in [0, 0.1) is 4.77 Å². The van der Waals surface area contributed by atoms with Gasteiger partial charge in [-0.3, -0.25) is 9.67 Å². The van der Waals surface area contributed by atoms with Crippen LogP contribution < -0.4 is 4.74 Å². The van der Waals surface area contributed by atoms with Gasteiger partial charge in [-0.15, -0.1) is 0 Å². The van der Waals surface area contributed by atoms with Crippen molar-refractivity contribution in [1.29, 1.82) is 0 Å². The molecule has 1 aromatic heterocycles. The molecule has 0 saturated heterocycles. The van der Waals surface area contributed by atoms with Gasteiger partial charge in [0.1, 0.15) is 12.4 Å². The van der Waals surface area contributed by atoms with Crippen LogP contribution in [0.1, 0.15) is 5.82 Å². The number of aliphatic hydroxyl groups is 1. The van der Waals surface area contributed by atoms with Gasteiger partial charge in [0, 0.05) is 10.5 Å². The number of nitrogens with zero attached hydrogens (tertiary/aromatic N) is 2. The Labute approximate surface area is 125 Å². The van der Waals surface area contributed by atoms with Crippen LogP contribution >= 0.6 is 44.1 Å². The Hall–Kier alpha value is -0.700. The summed E-state index contributed by atoms with van der Waals surface area (Å²) in [7, 11) is 1.58. The van der Waals surface area contributed by atoms with E-state index >= 15 is 0 Å². The number of aromatic nitrogens is 3. The van der Waals surface area contributed by atoms with Crippen molar-refractivity contribution in [3.05, 3.63) is 31.7 Å². The molecule has 0 aliphatic heterocycles. The number of methoxy groups -OCH3 is 1. The molecule has 2 N–H and O–H groups in total. The highest BCUT2D eigenvalue weighted by Gasteiger charge is 2.13. The molecule has 0 spiro atoms. The van der Waals surface area contributed by atoms with E-state index < -0.39 is 0 Å². The topological polar surface area (TPSA) is 63.1 Å². The van der Waals surface area contributed by atoms with Crippen molar-refractivity contribution in [3.63, 3.8) is 0 Å². The van der Waals surface area contributed by atoms with E-state index in [2.05, 4.69) is 42.1 Å². The van der Waals surface area contributed by atoms with Crippen LogP contribution in [-0.2, 0) is 6.61 Å². The number of hydrogen-bond donors (Lipinski definition) is 2. The molecule has 1 heterocycles. The van der Waals surface area contributed by atoms with Crippen LogP contribution in [0.4, 0.5) is 0 Å². The minimum atomic E-state index is -0.210. The fourth-order valence-electron chi connectivity index (χ4n) is 1.53. The second-order valence-electron chi connectivity index (χ2n) is 3.38. The van der Waals surface area contributed by atoms with Crippen molar-refractivity contribution in [2.24, 2.45) is 0 Å². The lowest BCUT2D eigenvalue weighted by molar-refractivity contribution is 0.268. The monoisotopic (exact) mass is 393 g/mol. The average molecular weight is 395 g/mol. The fraction of sp³-hybridized carbons (Fsp3) is 0.200. The highest BCUT2D eigenvalue weighted by atomic mass is 79.9. The van der Waals surface area contributed by atoms with E-state index in [4.69, 9.17) is 17.0 Å². The van der Waals surface area contributed by atoms with Crippen LogP contribution in [0.25, 0.3) is 5.69 Å². The van der Waals surface area contributed by atoms with E-state index in [0.29, 0.717) is 16.3 Å². The van der Waals surface area contributed by atoms with E-state index in [-0.39, 0.29) is 6.61 Å². The number of rotatable bonds is 3. The standard InChI is InChI=1S/C10H9Br2N3O2S/c1-17-8-3-7(5(11)2-6(8)12)15-9(4-16)13-14-10(15)18/h2-3,16H,4H2,1H3,(H,14,18). The molecule has 18 heavy (non-hydrogen) atoms. The van der Waals surface area contributed by atoms with E-state index in [1.807, 2.05) is 6.07 Å². The Balaban J connectivity index is 2.70. The first-order chi connectivity index (χ1) is 8.58. The van der Waals surface area contributed by atoms with Gasteiger partial charge in [0.05, 0.1) is 17.3 Å². The summed E-state index contributed by atoms with van der Waals surface area (Å²) in [5.41, 5.74) is 0.748. The first-order valence-electron chi connectivity index (χ1n) is 4.89. The van der Waals surface area contributed by atoms with Gasteiger partial charge in [-0.2, -0.15) is 5.10 Å². The molecule has 96 valence electrons. The maximum atomic E-state index is 9.26. The zero-order valence-electron chi connectivity index (χ0n) is 9.28. The lowest BCUT2D eigenvalue weighted by Crippen LogP contribution is -2.03. The van der Waals surface area contributed by atoms with Gasteiger partial charge in [0.2, 0.25) is 0 Å². The van der Waals surface area contributed by atoms with Crippen molar-refractivity contribution in [1.82, 2.24) is 14.8 Å². The van der Waals surface area contributed by atoms with Crippen molar-refractivity contribution in [2.45, 2.75) is 6.61 Å². The van der Waals surface area contributed by atoms with Crippen molar-refractivity contribution < 1.29 is 9.84 Å². The van der Waals surface area contributed by atoms with Gasteiger partial charge >= 0.3 is 0 Å². The van der Waals surface area contributed by atoms with Crippen LogP contribution in [0.3, 0.4) is 0 Å². The molecule has 8 heteroatoms. The maximum absolute atomic E-state index is 9.26. The van der Waals surface area contributed by atoms with E-state index in [9.17, 15) is 5.11 Å². The fourth-order valence-corrected chi connectivity index (χ4v) is 3.11. The summed E-state index contributed by atoms with van der Waals surface area (Å²) in [4.78, 5) is 0. The first-order valence-corrected chi connectivity index (χ1v) is 6.88. The van der Waals surface area contributed by atoms with E-state index in [0.717, 1.165) is 14.6 Å². The van der Waals surface area contributed by atoms with Crippen molar-refractivity contribution >= 4 is 44.1 Å². The van der Waals surface area contributed by atoms with E-state index in [1.165, 1.54) is 0 Å². The van der Waals surface area contributed by atoms with Gasteiger partial charge < -0.3 is 9.84 Å². The summed E-state index contributed by atoms with van der Waals surface area (Å²) < 4.78 is 8.93. The van der Waals surface area contributed by atoms with Crippen LogP contribution in [0.2, 0.25) is 0 Å². The van der Waals surface area contributed by atoms with Gasteiger partial charge in [0.25, 0.3) is 0 Å². The Morgan fingerprint density at radius 1 is 1.44 bits per heavy atom. The second kappa shape index (κ2) is 5.52. The largest absolute Gasteiger partial charge is 0.495 e. The predicted octanol–water partition coefficient (Wildman–Crippen LogP) is 2.96. The summed E-state index contributed by atoms with van der Waals surface area (Å²) in [5.74, 6) is 1.10. The van der Waals surface area contributed by atoms with Crippen LogP contribution in [0.5, 0.6) is 5.75 Å². The van der Waals surface area contributed by atoms with Crippen LogP contribution in [-0.4, -0.2) is 27.0 Å². The Bertz CT molecular complexity index is 639. The molecule has 1 aromatic carbocycles. The summed E-state index contributed by atoms with van der Waals surface area (Å²) >= 11 is 12.0. The molecular formula is C10H9Br2N3O2S. The van der Waals surface area contributed by atoms with Gasteiger partial charge in [-0.1, -0.05) is 0 Å². The number of H-pyrrole nitrogens is 1. The summed E-state index contributed by atoms with van der Waals surface area (Å²) in [5, 5.41) is 15.9. The molecule has 5 nitrogen and oxygen atoms in total. The zero-order chi connectivity index (χ0) is 13.3. The van der Waals surface area contributed by atoms with Crippen molar-refractivity contribution in [3.8, 4) is 11.4 Å². The molecule has 0 unspecified atom stereocenters. The van der Waals surface area contributed by atoms with Gasteiger partial charge in [-0.05, 0) is 50.1 Å². The number of hydrogen-bond acceptors (Lipinski definition) is 4. The maximum Gasteiger partial charge on any atom is 0.199 e. The lowest BCUT2D eigenvalue weighted by Gasteiger charge is -2.11. The second-order valence-corrected chi connectivity index (χ2v) is 5.47. The number of benzene rings is 1. The third-order valence-electron chi connectivity index (χ3n) is 2.35. The number of nitrogens with one attached hydrogen (secondary N) is 1. The molecule has 0 fully saturated rings. The van der Waals surface area contributed by atoms with Crippen LogP contribution in [0.15, 0.2) is 21.1 Å². The number of halogens is 2. The third kappa shape index (κ3) is 2.37. The molecule has 0 radical (unpaired) electrons. The van der Waals surface area contributed by atoms with E-state index in [1.54, 1.807) is 17.7 Å². The lowest BCUT2D eigenvalue weighted by atomic mass is 10.3. The SMILES string of the molecule is COc1cc(-n2c(CO)n[nH]c2=S)c(Br)cc1Br. The zero-order valence-corrected chi connectivity index (χ0v) is 13.3. The third-order valence-corrected chi connectivity index (χ3v) is 3.87. The molecule has 2 aromatic rings. The quantitative estimate of drug-likeness (QED) is 0.785. The Morgan fingerprint density at radius 2 is 2.17 bits per heavy atom. The molecule has 0 amide bonds. The molecule has 0 aliphatic carbocycles. The summed E-state index contributed by atoms with van der Waals surface area (Å²) in [6.07, 6.45) is 0. The average Bonchev–Trinajstić information content (AvgIpc) is 2.71. The predicted molar refractivity (Wildman–Crippen MR) is 76.6 cm³/mol. The number of aromatic amines is 1. The molecule has 0 bridgehead atoms. The minimum absolute atomic E-state index is 0.210. The minimum Gasteiger partial charge on any atom is -0.495 e. The smallest absolute Gasteiger partial charge is 0.199 e. The Kier molecular flexibility index (Phi) is 4.21. The molecule has 2 rings (SSSR count). The molecular weight excluding hydrogens is 386 g/mol. The molecule has 0 saturated carbocycles. The number of ether oxygens (including phenoxy) is 1. The summed E-state index contributed by atoms with van der Waals surface area (Å²) in [6, 6.07) is 3.66. The highest BCUT2D eigenvalue weighted by Crippen LogP contribution is 2.33. The van der Waals surface area contributed by atoms with Gasteiger partial charge in [-0.25, -0.2) is 0 Å². The van der Waals surface area contributed by atoms with Gasteiger partial charge in [0.15, 0.2) is 10.6 Å².